The zero-order valence-corrected chi connectivity index (χ0v) is 19.2. The monoisotopic (exact) mass is 456 g/mol. The first-order valence-electron chi connectivity index (χ1n) is 10.4. The minimum Gasteiger partial charge on any atom is -0.507 e. The second kappa shape index (κ2) is 12.1. The maximum Gasteiger partial charge on any atom is 0.303 e. The molecule has 32 heavy (non-hydrogen) atoms. The highest BCUT2D eigenvalue weighted by molar-refractivity contribution is 7.99. The van der Waals surface area contributed by atoms with Crippen LogP contribution in [0.3, 0.4) is 0 Å². The summed E-state index contributed by atoms with van der Waals surface area (Å²) in [5.74, 6) is -0.240. The molecule has 0 spiro atoms. The van der Waals surface area contributed by atoms with Gasteiger partial charge in [-0.05, 0) is 43.2 Å². The molecule has 0 bridgehead atoms. The van der Waals surface area contributed by atoms with Crippen LogP contribution in [0.5, 0.6) is 11.5 Å². The van der Waals surface area contributed by atoms with Crippen LogP contribution in [0.15, 0.2) is 53.4 Å². The Balaban J connectivity index is 1.91. The third-order valence-corrected chi connectivity index (χ3v) is 5.89. The number of carbonyl (C=O) groups is 3. The van der Waals surface area contributed by atoms with Gasteiger partial charge >= 0.3 is 5.97 Å². The van der Waals surface area contributed by atoms with Crippen LogP contribution in [0, 0.1) is 0 Å². The number of phenolic OH excluding ortho intramolecular Hbond substituents is 1. The molecule has 0 aromatic heterocycles. The topological polar surface area (TPSA) is 101 Å². The summed E-state index contributed by atoms with van der Waals surface area (Å²) >= 11 is 1.55. The van der Waals surface area contributed by atoms with E-state index < -0.39 is 5.97 Å². The number of aromatic hydroxyl groups is 1. The average molecular weight is 457 g/mol. The molecule has 0 radical (unpaired) electrons. The maximum atomic E-state index is 12.0. The molecule has 0 saturated carbocycles. The van der Waals surface area contributed by atoms with E-state index >= 15 is 0 Å². The Morgan fingerprint density at radius 3 is 2.34 bits per heavy atom. The molecule has 0 saturated heterocycles. The number of aliphatic carboxylic acids is 1. The van der Waals surface area contributed by atoms with Gasteiger partial charge in [-0.3, -0.25) is 14.4 Å². The number of ketones is 2. The van der Waals surface area contributed by atoms with E-state index in [9.17, 15) is 19.5 Å². The molecule has 0 aliphatic carbocycles. The van der Waals surface area contributed by atoms with E-state index in [1.54, 1.807) is 36.0 Å². The lowest BCUT2D eigenvalue weighted by atomic mass is 10.0. The fourth-order valence-corrected chi connectivity index (χ4v) is 3.82. The number of phenols is 1. The number of benzene rings is 2. The van der Waals surface area contributed by atoms with Gasteiger partial charge in [0, 0.05) is 28.2 Å². The summed E-state index contributed by atoms with van der Waals surface area (Å²) in [6, 6.07) is 10.3. The van der Waals surface area contributed by atoms with Crippen molar-refractivity contribution in [3.63, 3.8) is 0 Å². The first-order valence-corrected chi connectivity index (χ1v) is 11.3. The molecule has 0 aliphatic heterocycles. The van der Waals surface area contributed by atoms with Crippen LogP contribution in [0.1, 0.15) is 59.4 Å². The SMILES string of the molecule is C=C(COc1ccc(C(C)=O)c(O)c1CCC)CSc1ccc(C(=O)CCC(=O)O)cc1. The Morgan fingerprint density at radius 2 is 1.75 bits per heavy atom. The van der Waals surface area contributed by atoms with E-state index in [-0.39, 0.29) is 36.8 Å². The molecule has 0 aliphatic rings. The summed E-state index contributed by atoms with van der Waals surface area (Å²) < 4.78 is 5.88. The predicted octanol–water partition coefficient (Wildman–Crippen LogP) is 5.32. The molecule has 0 fully saturated rings. The highest BCUT2D eigenvalue weighted by Gasteiger charge is 2.16. The Bertz CT molecular complexity index is 994. The van der Waals surface area contributed by atoms with Crippen LogP contribution in [0.4, 0.5) is 0 Å². The second-order valence-electron chi connectivity index (χ2n) is 7.41. The van der Waals surface area contributed by atoms with Crippen LogP contribution >= 0.6 is 11.8 Å². The van der Waals surface area contributed by atoms with E-state index in [0.29, 0.717) is 34.6 Å². The zero-order valence-electron chi connectivity index (χ0n) is 18.3. The number of rotatable bonds is 13. The molecule has 2 aromatic rings. The third-order valence-electron chi connectivity index (χ3n) is 4.74. The fraction of sp³-hybridized carbons (Fsp3) is 0.320. The third kappa shape index (κ3) is 7.27. The van der Waals surface area contributed by atoms with Crippen molar-refractivity contribution in [2.45, 2.75) is 44.4 Å². The van der Waals surface area contributed by atoms with Crippen molar-refractivity contribution in [3.8, 4) is 11.5 Å². The van der Waals surface area contributed by atoms with E-state index in [1.165, 1.54) is 6.92 Å². The van der Waals surface area contributed by atoms with Gasteiger partial charge in [0.2, 0.25) is 0 Å². The van der Waals surface area contributed by atoms with Gasteiger partial charge in [0.1, 0.15) is 18.1 Å². The molecule has 170 valence electrons. The minimum atomic E-state index is -0.988. The van der Waals surface area contributed by atoms with Gasteiger partial charge in [0.15, 0.2) is 11.6 Å². The normalized spacial score (nSPS) is 10.6. The molecule has 0 unspecified atom stereocenters. The van der Waals surface area contributed by atoms with Crippen LogP contribution in [0.2, 0.25) is 0 Å². The Kier molecular flexibility index (Phi) is 9.53. The van der Waals surface area contributed by atoms with Crippen molar-refractivity contribution in [2.75, 3.05) is 12.4 Å². The van der Waals surface area contributed by atoms with Crippen molar-refractivity contribution in [1.29, 1.82) is 0 Å². The highest BCUT2D eigenvalue weighted by Crippen LogP contribution is 2.33. The predicted molar refractivity (Wildman–Crippen MR) is 125 cm³/mol. The smallest absolute Gasteiger partial charge is 0.303 e. The summed E-state index contributed by atoms with van der Waals surface area (Å²) in [7, 11) is 0. The molecule has 2 N–H and O–H groups in total. The largest absolute Gasteiger partial charge is 0.507 e. The summed E-state index contributed by atoms with van der Waals surface area (Å²) in [5, 5.41) is 19.1. The van der Waals surface area contributed by atoms with Crippen molar-refractivity contribution in [3.05, 3.63) is 65.2 Å². The molecular formula is C25H28O6S. The lowest BCUT2D eigenvalue weighted by Gasteiger charge is -2.15. The van der Waals surface area contributed by atoms with Crippen LogP contribution in [0.25, 0.3) is 0 Å². The number of ether oxygens (including phenoxy) is 1. The molecule has 0 atom stereocenters. The molecule has 0 heterocycles. The average Bonchev–Trinajstić information content (AvgIpc) is 2.76. The number of carbonyl (C=O) groups excluding carboxylic acids is 2. The number of hydrogen-bond acceptors (Lipinski definition) is 6. The van der Waals surface area contributed by atoms with E-state index in [1.807, 2.05) is 19.1 Å². The van der Waals surface area contributed by atoms with Gasteiger partial charge in [-0.15, -0.1) is 11.8 Å². The van der Waals surface area contributed by atoms with E-state index in [0.717, 1.165) is 16.9 Å². The molecule has 7 heteroatoms. The fourth-order valence-electron chi connectivity index (χ4n) is 3.04. The van der Waals surface area contributed by atoms with Gasteiger partial charge in [0.05, 0.1) is 12.0 Å². The standard InChI is InChI=1S/C25H28O6S/c1-4-5-21-23(12-10-20(17(3)26)25(21)30)31-14-16(2)15-32-19-8-6-18(7-9-19)22(27)11-13-24(28)29/h6-10,12,30H,2,4-5,11,13-15H2,1,3H3,(H,28,29). The first kappa shape index (κ1) is 25.2. The number of Topliss-reactive ketones (excluding diaryl/α,β-unsaturated/α-hetero) is 2. The first-order chi connectivity index (χ1) is 15.2. The maximum absolute atomic E-state index is 12.0. The lowest BCUT2D eigenvalue weighted by Crippen LogP contribution is -2.06. The quantitative estimate of drug-likeness (QED) is 0.239. The summed E-state index contributed by atoms with van der Waals surface area (Å²) in [6.45, 7) is 7.73. The van der Waals surface area contributed by atoms with Crippen molar-refractivity contribution in [1.82, 2.24) is 0 Å². The summed E-state index contributed by atoms with van der Waals surface area (Å²) in [6.07, 6.45) is 1.21. The van der Waals surface area contributed by atoms with Crippen LogP contribution in [-0.2, 0) is 11.2 Å². The molecule has 2 rings (SSSR count). The van der Waals surface area contributed by atoms with Gasteiger partial charge in [-0.2, -0.15) is 0 Å². The molecular weight excluding hydrogens is 428 g/mol. The van der Waals surface area contributed by atoms with Gasteiger partial charge < -0.3 is 14.9 Å². The Morgan fingerprint density at radius 1 is 1.06 bits per heavy atom. The van der Waals surface area contributed by atoms with E-state index in [2.05, 4.69) is 6.58 Å². The molecule has 6 nitrogen and oxygen atoms in total. The highest BCUT2D eigenvalue weighted by atomic mass is 32.2. The summed E-state index contributed by atoms with van der Waals surface area (Å²) in [5.41, 5.74) is 2.26. The van der Waals surface area contributed by atoms with E-state index in [4.69, 9.17) is 9.84 Å². The zero-order chi connectivity index (χ0) is 23.7. The van der Waals surface area contributed by atoms with Crippen molar-refractivity contribution < 1.29 is 29.3 Å². The van der Waals surface area contributed by atoms with Gasteiger partial charge in [-0.1, -0.05) is 32.1 Å². The number of carboxylic acid groups (broad SMARTS) is 1. The number of hydrogen-bond donors (Lipinski definition) is 2. The summed E-state index contributed by atoms with van der Waals surface area (Å²) in [4.78, 5) is 35.2. The second-order valence-corrected chi connectivity index (χ2v) is 8.46. The lowest BCUT2D eigenvalue weighted by molar-refractivity contribution is -0.136. The number of thioether (sulfide) groups is 1. The number of carboxylic acids is 1. The van der Waals surface area contributed by atoms with Crippen LogP contribution in [-0.4, -0.2) is 40.1 Å². The molecule has 0 amide bonds. The minimum absolute atomic E-state index is 0.0149. The van der Waals surface area contributed by atoms with Crippen molar-refractivity contribution in [2.24, 2.45) is 0 Å². The van der Waals surface area contributed by atoms with Gasteiger partial charge in [0.25, 0.3) is 0 Å². The Labute approximate surface area is 192 Å². The molecule has 2 aromatic carbocycles. The van der Waals surface area contributed by atoms with Crippen LogP contribution < -0.4 is 4.74 Å². The Hall–Kier alpha value is -3.06. The van der Waals surface area contributed by atoms with Gasteiger partial charge in [-0.25, -0.2) is 0 Å². The van der Waals surface area contributed by atoms with Crippen molar-refractivity contribution >= 4 is 29.3 Å².